The van der Waals surface area contributed by atoms with Crippen LogP contribution in [0.4, 0.5) is 10.5 Å². The maximum Gasteiger partial charge on any atom is 0.317 e. The summed E-state index contributed by atoms with van der Waals surface area (Å²) in [5.74, 6) is 0. The lowest BCUT2D eigenvalue weighted by atomic mass is 10.0. The fraction of sp³-hybridized carbons (Fsp3) is 0.500. The number of nitrogens with zero attached hydrogens (tertiary/aromatic N) is 4. The van der Waals surface area contributed by atoms with Gasteiger partial charge < -0.3 is 15.1 Å². The molecule has 0 saturated carbocycles. The van der Waals surface area contributed by atoms with Gasteiger partial charge in [-0.05, 0) is 43.4 Å². The number of benzene rings is 1. The average Bonchev–Trinajstić information content (AvgIpc) is 3.34. The number of rotatable bonds is 5. The molecule has 6 heteroatoms. The van der Waals surface area contributed by atoms with E-state index < -0.39 is 0 Å². The number of fused-ring (bicyclic) bond motifs is 1. The number of amides is 2. The van der Waals surface area contributed by atoms with Gasteiger partial charge in [-0.2, -0.15) is 5.10 Å². The first-order valence-corrected chi connectivity index (χ1v) is 9.66. The van der Waals surface area contributed by atoms with Crippen molar-refractivity contribution >= 4 is 11.7 Å². The average molecular weight is 353 g/mol. The van der Waals surface area contributed by atoms with Crippen molar-refractivity contribution in [2.24, 2.45) is 0 Å². The standard InChI is InChI=1S/C20H27N5O/c26-20(25-14-4-8-18(25)16-24-13-5-10-22-24)21-11-15-23-12-3-7-17-6-1-2-9-19(17)23/h1-2,5-6,9-10,13,18H,3-4,7-8,11-12,14-16H2,(H,21,26)/t18-/m0/s1. The van der Waals surface area contributed by atoms with Gasteiger partial charge in [0.05, 0.1) is 12.6 Å². The molecule has 0 unspecified atom stereocenters. The topological polar surface area (TPSA) is 53.4 Å². The number of carbonyl (C=O) groups is 1. The van der Waals surface area contributed by atoms with Gasteiger partial charge in [-0.3, -0.25) is 4.68 Å². The Morgan fingerprint density at radius 2 is 2.12 bits per heavy atom. The molecule has 26 heavy (non-hydrogen) atoms. The molecule has 0 bridgehead atoms. The first-order chi connectivity index (χ1) is 12.8. The minimum atomic E-state index is 0.0601. The Balaban J connectivity index is 1.29. The zero-order chi connectivity index (χ0) is 17.8. The van der Waals surface area contributed by atoms with E-state index in [1.807, 2.05) is 21.8 Å². The second-order valence-corrected chi connectivity index (χ2v) is 7.17. The summed E-state index contributed by atoms with van der Waals surface area (Å²) in [6.07, 6.45) is 8.20. The fourth-order valence-corrected chi connectivity index (χ4v) is 4.16. The van der Waals surface area contributed by atoms with Crippen LogP contribution in [0, 0.1) is 0 Å². The van der Waals surface area contributed by atoms with Crippen molar-refractivity contribution in [2.45, 2.75) is 38.3 Å². The van der Waals surface area contributed by atoms with E-state index in [1.54, 1.807) is 6.20 Å². The Kier molecular flexibility index (Phi) is 5.09. The highest BCUT2D eigenvalue weighted by atomic mass is 16.2. The molecule has 138 valence electrons. The molecule has 4 rings (SSSR count). The van der Waals surface area contributed by atoms with Gasteiger partial charge in [-0.15, -0.1) is 0 Å². The van der Waals surface area contributed by atoms with Crippen molar-refractivity contribution in [2.75, 3.05) is 31.1 Å². The van der Waals surface area contributed by atoms with Crippen LogP contribution >= 0.6 is 0 Å². The molecular weight excluding hydrogens is 326 g/mol. The maximum atomic E-state index is 12.6. The van der Waals surface area contributed by atoms with Crippen LogP contribution in [0.15, 0.2) is 42.7 Å². The highest BCUT2D eigenvalue weighted by Gasteiger charge is 2.29. The third-order valence-electron chi connectivity index (χ3n) is 5.46. The second kappa shape index (κ2) is 7.81. The first kappa shape index (κ1) is 16.9. The number of carbonyl (C=O) groups excluding carboxylic acids is 1. The minimum absolute atomic E-state index is 0.0601. The summed E-state index contributed by atoms with van der Waals surface area (Å²) >= 11 is 0. The van der Waals surface area contributed by atoms with Crippen molar-refractivity contribution in [1.82, 2.24) is 20.0 Å². The lowest BCUT2D eigenvalue weighted by molar-refractivity contribution is 0.186. The highest BCUT2D eigenvalue weighted by Crippen LogP contribution is 2.26. The molecule has 2 aliphatic rings. The normalized spacial score (nSPS) is 19.5. The van der Waals surface area contributed by atoms with Gasteiger partial charge in [0.1, 0.15) is 0 Å². The summed E-state index contributed by atoms with van der Waals surface area (Å²) in [4.78, 5) is 17.0. The van der Waals surface area contributed by atoms with Crippen LogP contribution in [0.25, 0.3) is 0 Å². The largest absolute Gasteiger partial charge is 0.370 e. The van der Waals surface area contributed by atoms with Gasteiger partial charge in [0.15, 0.2) is 0 Å². The van der Waals surface area contributed by atoms with Crippen molar-refractivity contribution in [3.63, 3.8) is 0 Å². The van der Waals surface area contributed by atoms with Crippen LogP contribution < -0.4 is 10.2 Å². The van der Waals surface area contributed by atoms with Crippen LogP contribution in [0.2, 0.25) is 0 Å². The van der Waals surface area contributed by atoms with E-state index in [0.717, 1.165) is 45.4 Å². The van der Waals surface area contributed by atoms with E-state index in [1.165, 1.54) is 17.7 Å². The number of anilines is 1. The van der Waals surface area contributed by atoms with Crippen LogP contribution in [0.3, 0.4) is 0 Å². The number of nitrogens with one attached hydrogen (secondary N) is 1. The summed E-state index contributed by atoms with van der Waals surface area (Å²) < 4.78 is 1.92. The lowest BCUT2D eigenvalue weighted by Gasteiger charge is -2.32. The van der Waals surface area contributed by atoms with E-state index in [9.17, 15) is 4.79 Å². The first-order valence-electron chi connectivity index (χ1n) is 9.66. The van der Waals surface area contributed by atoms with Gasteiger partial charge in [-0.25, -0.2) is 4.79 Å². The number of aryl methyl sites for hydroxylation is 1. The molecule has 3 heterocycles. The Bertz CT molecular complexity index is 730. The monoisotopic (exact) mass is 353 g/mol. The highest BCUT2D eigenvalue weighted by molar-refractivity contribution is 5.75. The number of hydrogen-bond donors (Lipinski definition) is 1. The van der Waals surface area contributed by atoms with Gasteiger partial charge in [-0.1, -0.05) is 18.2 Å². The molecule has 6 nitrogen and oxygen atoms in total. The summed E-state index contributed by atoms with van der Waals surface area (Å²) in [6.45, 7) is 4.22. The predicted octanol–water partition coefficient (Wildman–Crippen LogP) is 2.51. The van der Waals surface area contributed by atoms with E-state index in [2.05, 4.69) is 39.6 Å². The molecule has 0 radical (unpaired) electrons. The summed E-state index contributed by atoms with van der Waals surface area (Å²) in [7, 11) is 0. The van der Waals surface area contributed by atoms with Crippen molar-refractivity contribution in [3.05, 3.63) is 48.3 Å². The van der Waals surface area contributed by atoms with Crippen LogP contribution in [-0.2, 0) is 13.0 Å². The van der Waals surface area contributed by atoms with Crippen molar-refractivity contribution in [1.29, 1.82) is 0 Å². The van der Waals surface area contributed by atoms with Crippen LogP contribution in [0.1, 0.15) is 24.8 Å². The van der Waals surface area contributed by atoms with Crippen molar-refractivity contribution < 1.29 is 4.79 Å². The fourth-order valence-electron chi connectivity index (χ4n) is 4.16. The molecule has 2 aromatic rings. The Labute approximate surface area is 154 Å². The van der Waals surface area contributed by atoms with E-state index >= 15 is 0 Å². The smallest absolute Gasteiger partial charge is 0.317 e. The second-order valence-electron chi connectivity index (χ2n) is 7.17. The van der Waals surface area contributed by atoms with Gasteiger partial charge in [0.25, 0.3) is 0 Å². The van der Waals surface area contributed by atoms with Crippen LogP contribution in [0.5, 0.6) is 0 Å². The quantitative estimate of drug-likeness (QED) is 0.899. The molecular formula is C20H27N5O. The molecule has 2 amide bonds. The SMILES string of the molecule is O=C(NCCN1CCCc2ccccc21)N1CCC[C@H]1Cn1cccn1. The third-order valence-corrected chi connectivity index (χ3v) is 5.46. The Morgan fingerprint density at radius 3 is 3.00 bits per heavy atom. The van der Waals surface area contributed by atoms with E-state index in [-0.39, 0.29) is 12.1 Å². The molecule has 1 saturated heterocycles. The molecule has 2 aliphatic heterocycles. The molecule has 0 spiro atoms. The number of urea groups is 1. The Morgan fingerprint density at radius 1 is 1.19 bits per heavy atom. The number of aromatic nitrogens is 2. The summed E-state index contributed by atoms with van der Waals surface area (Å²) in [6, 6.07) is 10.8. The van der Waals surface area contributed by atoms with E-state index in [0.29, 0.717) is 6.54 Å². The number of hydrogen-bond acceptors (Lipinski definition) is 3. The molecule has 1 N–H and O–H groups in total. The maximum absolute atomic E-state index is 12.6. The molecule has 1 atom stereocenters. The summed E-state index contributed by atoms with van der Waals surface area (Å²) in [5.41, 5.74) is 2.75. The third kappa shape index (κ3) is 3.69. The predicted molar refractivity (Wildman–Crippen MR) is 102 cm³/mol. The number of likely N-dealkylation sites (tertiary alicyclic amines) is 1. The molecule has 1 aromatic heterocycles. The zero-order valence-corrected chi connectivity index (χ0v) is 15.2. The molecule has 1 fully saturated rings. The van der Waals surface area contributed by atoms with Gasteiger partial charge in [0.2, 0.25) is 0 Å². The van der Waals surface area contributed by atoms with Crippen LogP contribution in [-0.4, -0.2) is 52.9 Å². The Hall–Kier alpha value is -2.50. The lowest BCUT2D eigenvalue weighted by Crippen LogP contribution is -2.46. The summed E-state index contributed by atoms with van der Waals surface area (Å²) in [5, 5.41) is 7.40. The zero-order valence-electron chi connectivity index (χ0n) is 15.2. The van der Waals surface area contributed by atoms with Gasteiger partial charge >= 0.3 is 6.03 Å². The minimum Gasteiger partial charge on any atom is -0.370 e. The van der Waals surface area contributed by atoms with Gasteiger partial charge in [0, 0.05) is 44.3 Å². The molecule has 1 aromatic carbocycles. The van der Waals surface area contributed by atoms with E-state index in [4.69, 9.17) is 0 Å². The molecule has 0 aliphatic carbocycles. The number of para-hydroxylation sites is 1. The van der Waals surface area contributed by atoms with Crippen molar-refractivity contribution in [3.8, 4) is 0 Å².